The van der Waals surface area contributed by atoms with Gasteiger partial charge in [0.25, 0.3) is 5.91 Å². The van der Waals surface area contributed by atoms with Crippen molar-refractivity contribution in [1.29, 1.82) is 0 Å². The van der Waals surface area contributed by atoms with Crippen molar-refractivity contribution in [2.45, 2.75) is 59.8 Å². The van der Waals surface area contributed by atoms with E-state index in [9.17, 15) is 9.59 Å². The predicted molar refractivity (Wildman–Crippen MR) is 99.2 cm³/mol. The monoisotopic (exact) mass is 331 g/mol. The molecule has 0 aliphatic heterocycles. The van der Waals surface area contributed by atoms with Crippen molar-refractivity contribution in [2.75, 3.05) is 5.32 Å². The van der Waals surface area contributed by atoms with Crippen LogP contribution in [0.1, 0.15) is 70.2 Å². The molecule has 0 heterocycles. The summed E-state index contributed by atoms with van der Waals surface area (Å²) in [6, 6.07) is 6.82. The largest absolute Gasteiger partial charge is 0.326 e. The first-order chi connectivity index (χ1) is 11.4. The molecule has 0 aromatic heterocycles. The molecule has 132 valence electrons. The highest BCUT2D eigenvalue weighted by atomic mass is 16.2. The molecule has 0 atom stereocenters. The standard InChI is InChI=1S/C19H29N3O2/c1-5-6-7-8-15(4)21-22-19(24)16-9-11-17(12-10-16)20-18(23)13-14(2)3/h9-12,14H,5-8,13H2,1-4H3,(H,20,23)(H,22,24)/b21-15+. The quantitative estimate of drug-likeness (QED) is 0.401. The van der Waals surface area contributed by atoms with Crippen molar-refractivity contribution in [3.05, 3.63) is 29.8 Å². The maximum Gasteiger partial charge on any atom is 0.271 e. The molecule has 0 fully saturated rings. The van der Waals surface area contributed by atoms with E-state index in [2.05, 4.69) is 22.8 Å². The minimum atomic E-state index is -0.245. The molecule has 0 unspecified atom stereocenters. The van der Waals surface area contributed by atoms with E-state index in [1.54, 1.807) is 24.3 Å². The second kappa shape index (κ2) is 10.6. The molecule has 0 saturated carbocycles. The van der Waals surface area contributed by atoms with Crippen LogP contribution in [0.15, 0.2) is 29.4 Å². The Labute approximate surface area is 144 Å². The maximum atomic E-state index is 12.1. The number of carbonyl (C=O) groups is 2. The zero-order valence-electron chi connectivity index (χ0n) is 15.2. The van der Waals surface area contributed by atoms with E-state index < -0.39 is 0 Å². The Morgan fingerprint density at radius 1 is 1.12 bits per heavy atom. The molecule has 2 amide bonds. The summed E-state index contributed by atoms with van der Waals surface area (Å²) in [5.74, 6) is 0.0490. The van der Waals surface area contributed by atoms with Gasteiger partial charge in [-0.25, -0.2) is 5.43 Å². The van der Waals surface area contributed by atoms with E-state index in [4.69, 9.17) is 0 Å². The zero-order chi connectivity index (χ0) is 17.9. The van der Waals surface area contributed by atoms with Gasteiger partial charge in [0, 0.05) is 23.4 Å². The fraction of sp³-hybridized carbons (Fsp3) is 0.526. The Hall–Kier alpha value is -2.17. The van der Waals surface area contributed by atoms with Crippen LogP contribution < -0.4 is 10.7 Å². The van der Waals surface area contributed by atoms with Gasteiger partial charge >= 0.3 is 0 Å². The van der Waals surface area contributed by atoms with E-state index in [1.165, 1.54) is 12.8 Å². The first kappa shape index (κ1) is 19.9. The third-order valence-electron chi connectivity index (χ3n) is 3.51. The molecule has 0 aliphatic rings. The summed E-state index contributed by atoms with van der Waals surface area (Å²) in [5, 5.41) is 6.94. The zero-order valence-corrected chi connectivity index (χ0v) is 15.2. The number of amides is 2. The highest BCUT2D eigenvalue weighted by Crippen LogP contribution is 2.11. The van der Waals surface area contributed by atoms with Gasteiger partial charge < -0.3 is 5.32 Å². The number of hydrogen-bond acceptors (Lipinski definition) is 3. The smallest absolute Gasteiger partial charge is 0.271 e. The summed E-state index contributed by atoms with van der Waals surface area (Å²) in [6.07, 6.45) is 4.81. The molecule has 24 heavy (non-hydrogen) atoms. The van der Waals surface area contributed by atoms with Crippen LogP contribution in [-0.4, -0.2) is 17.5 Å². The van der Waals surface area contributed by atoms with Crippen LogP contribution in [0, 0.1) is 5.92 Å². The van der Waals surface area contributed by atoms with E-state index >= 15 is 0 Å². The minimum Gasteiger partial charge on any atom is -0.326 e. The molecular formula is C19H29N3O2. The average molecular weight is 331 g/mol. The average Bonchev–Trinajstić information content (AvgIpc) is 2.52. The summed E-state index contributed by atoms with van der Waals surface area (Å²) in [7, 11) is 0. The number of hydrogen-bond donors (Lipinski definition) is 2. The number of nitrogens with one attached hydrogen (secondary N) is 2. The van der Waals surface area contributed by atoms with E-state index in [-0.39, 0.29) is 11.8 Å². The summed E-state index contributed by atoms with van der Waals surface area (Å²) >= 11 is 0. The Balaban J connectivity index is 2.51. The lowest BCUT2D eigenvalue weighted by atomic mass is 10.1. The lowest BCUT2D eigenvalue weighted by molar-refractivity contribution is -0.116. The number of anilines is 1. The van der Waals surface area contributed by atoms with Crippen LogP contribution in [0.5, 0.6) is 0 Å². The second-order valence-electron chi connectivity index (χ2n) is 6.47. The van der Waals surface area contributed by atoms with Crippen LogP contribution in [0.25, 0.3) is 0 Å². The van der Waals surface area contributed by atoms with Crippen LogP contribution >= 0.6 is 0 Å². The first-order valence-corrected chi connectivity index (χ1v) is 8.65. The lowest BCUT2D eigenvalue weighted by Crippen LogP contribution is -2.19. The molecule has 2 N–H and O–H groups in total. The van der Waals surface area contributed by atoms with Crippen molar-refractivity contribution < 1.29 is 9.59 Å². The topological polar surface area (TPSA) is 70.6 Å². The van der Waals surface area contributed by atoms with Gasteiger partial charge in [0.2, 0.25) is 5.91 Å². The number of unbranched alkanes of at least 4 members (excludes halogenated alkanes) is 2. The highest BCUT2D eigenvalue weighted by molar-refractivity contribution is 5.96. The number of hydrazone groups is 1. The van der Waals surface area contributed by atoms with Crippen LogP contribution in [0.2, 0.25) is 0 Å². The maximum absolute atomic E-state index is 12.1. The van der Waals surface area contributed by atoms with Gasteiger partial charge in [0.1, 0.15) is 0 Å². The number of benzene rings is 1. The minimum absolute atomic E-state index is 0.0190. The van der Waals surface area contributed by atoms with Gasteiger partial charge in [-0.1, -0.05) is 33.6 Å². The van der Waals surface area contributed by atoms with Crippen LogP contribution in [-0.2, 0) is 4.79 Å². The predicted octanol–water partition coefficient (Wildman–Crippen LogP) is 4.36. The SMILES string of the molecule is CCCCC/C(C)=N/NC(=O)c1ccc(NC(=O)CC(C)C)cc1. The third kappa shape index (κ3) is 7.90. The van der Waals surface area contributed by atoms with Crippen molar-refractivity contribution in [1.82, 2.24) is 5.43 Å². The van der Waals surface area contributed by atoms with Gasteiger partial charge in [-0.2, -0.15) is 5.10 Å². The third-order valence-corrected chi connectivity index (χ3v) is 3.51. The Morgan fingerprint density at radius 3 is 2.38 bits per heavy atom. The highest BCUT2D eigenvalue weighted by Gasteiger charge is 2.07. The van der Waals surface area contributed by atoms with Gasteiger partial charge in [-0.3, -0.25) is 9.59 Å². The van der Waals surface area contributed by atoms with Gasteiger partial charge in [0.05, 0.1) is 0 Å². The molecule has 0 radical (unpaired) electrons. The van der Waals surface area contributed by atoms with Crippen molar-refractivity contribution in [3.8, 4) is 0 Å². The molecule has 5 heteroatoms. The molecule has 1 aromatic carbocycles. The normalized spacial score (nSPS) is 11.5. The van der Waals surface area contributed by atoms with E-state index in [0.29, 0.717) is 23.6 Å². The van der Waals surface area contributed by atoms with Crippen molar-refractivity contribution in [3.63, 3.8) is 0 Å². The summed E-state index contributed by atoms with van der Waals surface area (Å²) in [6.45, 7) is 8.07. The number of nitrogens with zero attached hydrogens (tertiary/aromatic N) is 1. The fourth-order valence-electron chi connectivity index (χ4n) is 2.19. The van der Waals surface area contributed by atoms with Gasteiger partial charge in [0.15, 0.2) is 0 Å². The lowest BCUT2D eigenvalue weighted by Gasteiger charge is -2.08. The van der Waals surface area contributed by atoms with E-state index in [0.717, 1.165) is 18.6 Å². The van der Waals surface area contributed by atoms with Crippen LogP contribution in [0.3, 0.4) is 0 Å². The van der Waals surface area contributed by atoms with Crippen molar-refractivity contribution in [2.24, 2.45) is 11.0 Å². The Kier molecular flexibility index (Phi) is 8.76. The first-order valence-electron chi connectivity index (χ1n) is 8.65. The molecule has 1 aromatic rings. The fourth-order valence-corrected chi connectivity index (χ4v) is 2.19. The summed E-state index contributed by atoms with van der Waals surface area (Å²) < 4.78 is 0. The Morgan fingerprint density at radius 2 is 1.79 bits per heavy atom. The second-order valence-corrected chi connectivity index (χ2v) is 6.47. The molecule has 0 aliphatic carbocycles. The number of rotatable bonds is 9. The van der Waals surface area contributed by atoms with Gasteiger partial charge in [-0.15, -0.1) is 0 Å². The summed E-state index contributed by atoms with van der Waals surface area (Å²) in [4.78, 5) is 23.8. The molecule has 0 bridgehead atoms. The Bertz CT molecular complexity index is 562. The summed E-state index contributed by atoms with van der Waals surface area (Å²) in [5.41, 5.74) is 4.71. The van der Waals surface area contributed by atoms with Crippen molar-refractivity contribution >= 4 is 23.2 Å². The van der Waals surface area contributed by atoms with Crippen LogP contribution in [0.4, 0.5) is 5.69 Å². The molecule has 0 saturated heterocycles. The van der Waals surface area contributed by atoms with E-state index in [1.807, 2.05) is 20.8 Å². The molecule has 0 spiro atoms. The number of carbonyl (C=O) groups excluding carboxylic acids is 2. The molecule has 1 rings (SSSR count). The molecule has 5 nitrogen and oxygen atoms in total. The molecular weight excluding hydrogens is 302 g/mol. The van der Waals surface area contributed by atoms with Gasteiger partial charge in [-0.05, 0) is 49.9 Å².